The van der Waals surface area contributed by atoms with Crippen molar-refractivity contribution >= 4 is 29.1 Å². The van der Waals surface area contributed by atoms with Crippen molar-refractivity contribution in [1.29, 1.82) is 0 Å². The fraction of sp³-hybridized carbons (Fsp3) is 0.273. The molecule has 0 spiro atoms. The molecule has 0 aromatic heterocycles. The number of ketones is 1. The number of benzene rings is 2. The summed E-state index contributed by atoms with van der Waals surface area (Å²) in [6.45, 7) is 0. The third kappa shape index (κ3) is 2.99. The number of hydrogen-bond acceptors (Lipinski definition) is 3. The molecule has 3 nitrogen and oxygen atoms in total. The Hall–Kier alpha value is -2.33. The average molecular weight is 363 g/mol. The molecule has 26 heavy (non-hydrogen) atoms. The van der Waals surface area contributed by atoms with Gasteiger partial charge in [0.15, 0.2) is 5.78 Å². The number of carbonyl (C=O) groups is 2. The molecule has 1 aliphatic heterocycles. The van der Waals surface area contributed by atoms with Crippen molar-refractivity contribution < 1.29 is 9.59 Å². The van der Waals surface area contributed by atoms with Gasteiger partial charge in [0.1, 0.15) is 0 Å². The van der Waals surface area contributed by atoms with Crippen molar-refractivity contribution in [3.63, 3.8) is 0 Å². The quantitative estimate of drug-likeness (QED) is 0.725. The second kappa shape index (κ2) is 7.12. The largest absolute Gasteiger partial charge is 0.294 e. The zero-order valence-electron chi connectivity index (χ0n) is 14.8. The topological polar surface area (TPSA) is 37.4 Å². The van der Waals surface area contributed by atoms with Crippen molar-refractivity contribution in [2.45, 2.75) is 36.5 Å². The van der Waals surface area contributed by atoms with E-state index >= 15 is 0 Å². The van der Waals surface area contributed by atoms with Gasteiger partial charge >= 0.3 is 0 Å². The summed E-state index contributed by atoms with van der Waals surface area (Å²) in [6, 6.07) is 18.0. The fourth-order valence-corrected chi connectivity index (χ4v) is 4.40. The molecule has 2 aromatic carbocycles. The highest BCUT2D eigenvalue weighted by Crippen LogP contribution is 2.43. The molecule has 2 aliphatic rings. The molecular weight excluding hydrogens is 342 g/mol. The van der Waals surface area contributed by atoms with Gasteiger partial charge < -0.3 is 0 Å². The van der Waals surface area contributed by atoms with Crippen LogP contribution in [0.4, 0.5) is 5.69 Å². The number of anilines is 1. The van der Waals surface area contributed by atoms with E-state index in [1.54, 1.807) is 16.7 Å². The maximum atomic E-state index is 13.0. The normalized spacial score (nSPS) is 20.3. The summed E-state index contributed by atoms with van der Waals surface area (Å²) in [4.78, 5) is 28.8. The smallest absolute Gasteiger partial charge is 0.232 e. The van der Waals surface area contributed by atoms with Crippen LogP contribution in [0, 0.1) is 0 Å². The van der Waals surface area contributed by atoms with E-state index in [0.717, 1.165) is 35.4 Å². The number of Topliss-reactive ketones (excluding diaryl/α,β-unsaturated/α-hetero) is 1. The van der Waals surface area contributed by atoms with Gasteiger partial charge in [0, 0.05) is 40.6 Å². The fourth-order valence-electron chi connectivity index (χ4n) is 3.99. The Labute approximate surface area is 158 Å². The Morgan fingerprint density at radius 1 is 0.962 bits per heavy atom. The van der Waals surface area contributed by atoms with E-state index < -0.39 is 0 Å². The first-order valence-corrected chi connectivity index (χ1v) is 10.2. The second-order valence-electron chi connectivity index (χ2n) is 6.73. The molecule has 2 aromatic rings. The van der Waals surface area contributed by atoms with Crippen molar-refractivity contribution in [1.82, 2.24) is 0 Å². The molecule has 0 fully saturated rings. The van der Waals surface area contributed by atoms with E-state index in [9.17, 15) is 9.59 Å². The highest BCUT2D eigenvalue weighted by Gasteiger charge is 2.39. The highest BCUT2D eigenvalue weighted by molar-refractivity contribution is 7.98. The SMILES string of the molecule is CSc1ccc(C2CC(=O)N(c3ccccc3)C3=C2C(=O)CCC3)cc1. The highest BCUT2D eigenvalue weighted by atomic mass is 32.2. The molecule has 132 valence electrons. The minimum atomic E-state index is -0.124. The summed E-state index contributed by atoms with van der Waals surface area (Å²) in [7, 11) is 0. The molecule has 1 heterocycles. The molecule has 1 unspecified atom stereocenters. The van der Waals surface area contributed by atoms with Gasteiger partial charge in [-0.25, -0.2) is 0 Å². The molecule has 0 radical (unpaired) electrons. The van der Waals surface area contributed by atoms with Crippen LogP contribution in [0.15, 0.2) is 70.8 Å². The van der Waals surface area contributed by atoms with Crippen LogP contribution >= 0.6 is 11.8 Å². The van der Waals surface area contributed by atoms with Crippen molar-refractivity contribution in [3.05, 3.63) is 71.4 Å². The van der Waals surface area contributed by atoms with E-state index in [2.05, 4.69) is 24.3 Å². The predicted molar refractivity (Wildman–Crippen MR) is 105 cm³/mol. The second-order valence-corrected chi connectivity index (χ2v) is 7.61. The number of amides is 1. The third-order valence-corrected chi connectivity index (χ3v) is 5.95. The number of hydrogen-bond donors (Lipinski definition) is 0. The Balaban J connectivity index is 1.82. The summed E-state index contributed by atoms with van der Waals surface area (Å²) in [5.74, 6) is 0.142. The lowest BCUT2D eigenvalue weighted by atomic mass is 9.77. The van der Waals surface area contributed by atoms with Crippen LogP contribution in [-0.2, 0) is 9.59 Å². The lowest BCUT2D eigenvalue weighted by Gasteiger charge is -2.38. The van der Waals surface area contributed by atoms with Crippen molar-refractivity contribution in [3.8, 4) is 0 Å². The van der Waals surface area contributed by atoms with E-state index in [-0.39, 0.29) is 17.6 Å². The van der Waals surface area contributed by atoms with Gasteiger partial charge in [0.05, 0.1) is 0 Å². The molecule has 0 bridgehead atoms. The van der Waals surface area contributed by atoms with Crippen LogP contribution in [0.1, 0.15) is 37.2 Å². The molecule has 1 amide bonds. The van der Waals surface area contributed by atoms with Crippen LogP contribution in [0.3, 0.4) is 0 Å². The number of rotatable bonds is 3. The van der Waals surface area contributed by atoms with Crippen molar-refractivity contribution in [2.75, 3.05) is 11.2 Å². The predicted octanol–water partition coefficient (Wildman–Crippen LogP) is 4.94. The monoisotopic (exact) mass is 363 g/mol. The van der Waals surface area contributed by atoms with Gasteiger partial charge in [-0.05, 0) is 48.9 Å². The van der Waals surface area contributed by atoms with Gasteiger partial charge in [0.25, 0.3) is 0 Å². The van der Waals surface area contributed by atoms with E-state index in [4.69, 9.17) is 0 Å². The van der Waals surface area contributed by atoms with E-state index in [1.165, 1.54) is 4.90 Å². The van der Waals surface area contributed by atoms with E-state index in [0.29, 0.717) is 12.8 Å². The third-order valence-electron chi connectivity index (χ3n) is 5.21. The maximum absolute atomic E-state index is 13.0. The van der Waals surface area contributed by atoms with Gasteiger partial charge in [-0.2, -0.15) is 0 Å². The Morgan fingerprint density at radius 2 is 1.69 bits per heavy atom. The Morgan fingerprint density at radius 3 is 2.38 bits per heavy atom. The zero-order valence-corrected chi connectivity index (χ0v) is 15.6. The van der Waals surface area contributed by atoms with Gasteiger partial charge in [0.2, 0.25) is 5.91 Å². The standard InChI is InChI=1S/C22H21NO2S/c1-26-17-12-10-15(11-13-17)18-14-21(25)23(16-6-3-2-4-7-16)19-8-5-9-20(24)22(18)19/h2-4,6-7,10-13,18H,5,8-9,14H2,1H3. The summed E-state index contributed by atoms with van der Waals surface area (Å²) in [6.07, 6.45) is 4.56. The number of carbonyl (C=O) groups excluding carboxylic acids is 2. The first kappa shape index (κ1) is 17.1. The summed E-state index contributed by atoms with van der Waals surface area (Å²) < 4.78 is 0. The Bertz CT molecular complexity index is 871. The van der Waals surface area contributed by atoms with Gasteiger partial charge in [-0.3, -0.25) is 14.5 Å². The molecule has 0 saturated carbocycles. The van der Waals surface area contributed by atoms with Crippen LogP contribution < -0.4 is 4.90 Å². The summed E-state index contributed by atoms with van der Waals surface area (Å²) in [5.41, 5.74) is 3.67. The minimum Gasteiger partial charge on any atom is -0.294 e. The maximum Gasteiger partial charge on any atom is 0.232 e. The molecule has 1 aliphatic carbocycles. The summed E-state index contributed by atoms with van der Waals surface area (Å²) in [5, 5.41) is 0. The van der Waals surface area contributed by atoms with Gasteiger partial charge in [-0.15, -0.1) is 11.8 Å². The van der Waals surface area contributed by atoms with Crippen LogP contribution in [0.2, 0.25) is 0 Å². The van der Waals surface area contributed by atoms with Crippen LogP contribution in [0.25, 0.3) is 0 Å². The first-order chi connectivity index (χ1) is 12.7. The van der Waals surface area contributed by atoms with E-state index in [1.807, 2.05) is 36.6 Å². The average Bonchev–Trinajstić information content (AvgIpc) is 2.68. The van der Waals surface area contributed by atoms with Crippen LogP contribution in [0.5, 0.6) is 0 Å². The number of allylic oxidation sites excluding steroid dienone is 2. The van der Waals surface area contributed by atoms with Gasteiger partial charge in [-0.1, -0.05) is 30.3 Å². The molecule has 0 N–H and O–H groups in total. The lowest BCUT2D eigenvalue weighted by Crippen LogP contribution is -2.40. The summed E-state index contributed by atoms with van der Waals surface area (Å²) >= 11 is 1.69. The van der Waals surface area contributed by atoms with Crippen molar-refractivity contribution in [2.24, 2.45) is 0 Å². The molecule has 1 atom stereocenters. The minimum absolute atomic E-state index is 0.0728. The molecule has 0 saturated heterocycles. The molecular formula is C22H21NO2S. The number of para-hydroxylation sites is 1. The zero-order chi connectivity index (χ0) is 18.1. The molecule has 4 heteroatoms. The first-order valence-electron chi connectivity index (χ1n) is 8.97. The number of nitrogens with zero attached hydrogens (tertiary/aromatic N) is 1. The molecule has 4 rings (SSSR count). The van der Waals surface area contributed by atoms with Crippen LogP contribution in [-0.4, -0.2) is 17.9 Å². The Kier molecular flexibility index (Phi) is 4.68. The lowest BCUT2D eigenvalue weighted by molar-refractivity contribution is -0.119. The number of thioether (sulfide) groups is 1.